The van der Waals surface area contributed by atoms with Crippen LogP contribution in [0.25, 0.3) is 0 Å². The number of hydrogen-bond acceptors (Lipinski definition) is 3. The molecule has 0 spiro atoms. The molecule has 3 fully saturated rings. The highest BCUT2D eigenvalue weighted by atomic mass is 16.2. The summed E-state index contributed by atoms with van der Waals surface area (Å²) in [4.78, 5) is 28.0. The highest BCUT2D eigenvalue weighted by molar-refractivity contribution is 6.07. The van der Waals surface area contributed by atoms with E-state index in [9.17, 15) is 9.59 Å². The van der Waals surface area contributed by atoms with E-state index in [0.717, 1.165) is 58.0 Å². The van der Waals surface area contributed by atoms with Gasteiger partial charge in [-0.3, -0.25) is 9.69 Å². The van der Waals surface area contributed by atoms with Crippen molar-refractivity contribution in [2.75, 3.05) is 13.1 Å². The molecule has 2 saturated heterocycles. The average Bonchev–Trinajstić information content (AvgIpc) is 3.28. The predicted octanol–water partition coefficient (Wildman–Crippen LogP) is 2.85. The Bertz CT molecular complexity index is 650. The fourth-order valence-corrected chi connectivity index (χ4v) is 5.06. The number of benzene rings is 1. The molecule has 2 N–H and O–H groups in total. The number of carbonyl (C=O) groups is 2. The second-order valence-corrected chi connectivity index (χ2v) is 8.02. The number of nitrogens with zero attached hydrogens (tertiary/aromatic N) is 1. The molecule has 3 amide bonds. The lowest BCUT2D eigenvalue weighted by Crippen LogP contribution is -2.56. The Morgan fingerprint density at radius 3 is 2.38 bits per heavy atom. The van der Waals surface area contributed by atoms with Gasteiger partial charge in [-0.05, 0) is 63.1 Å². The van der Waals surface area contributed by atoms with Gasteiger partial charge in [0.2, 0.25) is 0 Å². The molecule has 4 rings (SSSR count). The topological polar surface area (TPSA) is 61.4 Å². The van der Waals surface area contributed by atoms with Crippen LogP contribution in [0.3, 0.4) is 0 Å². The van der Waals surface area contributed by atoms with Gasteiger partial charge in [-0.1, -0.05) is 43.2 Å². The molecule has 0 radical (unpaired) electrons. The fourth-order valence-electron chi connectivity index (χ4n) is 5.06. The van der Waals surface area contributed by atoms with Crippen molar-refractivity contribution in [2.45, 2.75) is 62.9 Å². The van der Waals surface area contributed by atoms with Crippen LogP contribution < -0.4 is 10.6 Å². The van der Waals surface area contributed by atoms with E-state index in [4.69, 9.17) is 0 Å². The first-order chi connectivity index (χ1) is 12.7. The Hall–Kier alpha value is -1.88. The molecule has 5 nitrogen and oxygen atoms in total. The summed E-state index contributed by atoms with van der Waals surface area (Å²) in [7, 11) is 0. The van der Waals surface area contributed by atoms with Crippen molar-refractivity contribution < 1.29 is 9.59 Å². The van der Waals surface area contributed by atoms with Crippen LogP contribution in [0.2, 0.25) is 0 Å². The SMILES string of the molecule is O=C1NC(CCc2ccccc2)(C2CCNCC2)C(=O)N1C1CCCC1. The number of amides is 3. The maximum Gasteiger partial charge on any atom is 0.325 e. The number of imide groups is 1. The molecule has 0 bridgehead atoms. The van der Waals surface area contributed by atoms with Crippen molar-refractivity contribution in [2.24, 2.45) is 5.92 Å². The Morgan fingerprint density at radius 1 is 1.00 bits per heavy atom. The maximum atomic E-state index is 13.6. The van der Waals surface area contributed by atoms with Crippen LogP contribution in [0.4, 0.5) is 4.79 Å². The summed E-state index contributed by atoms with van der Waals surface area (Å²) in [5, 5.41) is 6.58. The zero-order valence-corrected chi connectivity index (χ0v) is 15.4. The lowest BCUT2D eigenvalue weighted by atomic mass is 9.74. The quantitative estimate of drug-likeness (QED) is 0.799. The summed E-state index contributed by atoms with van der Waals surface area (Å²) in [5.41, 5.74) is 0.500. The van der Waals surface area contributed by atoms with Crippen molar-refractivity contribution in [3.63, 3.8) is 0 Å². The first-order valence-corrected chi connectivity index (χ1v) is 10.1. The third-order valence-corrected chi connectivity index (χ3v) is 6.53. The summed E-state index contributed by atoms with van der Waals surface area (Å²) >= 11 is 0. The lowest BCUT2D eigenvalue weighted by molar-refractivity contribution is -0.135. The van der Waals surface area contributed by atoms with E-state index in [0.29, 0.717) is 6.42 Å². The van der Waals surface area contributed by atoms with Gasteiger partial charge in [0.25, 0.3) is 5.91 Å². The normalized spacial score (nSPS) is 27.9. The Balaban J connectivity index is 1.60. The Morgan fingerprint density at radius 2 is 1.69 bits per heavy atom. The third-order valence-electron chi connectivity index (χ3n) is 6.53. The van der Waals surface area contributed by atoms with Crippen molar-refractivity contribution in [1.29, 1.82) is 0 Å². The molecular formula is C21H29N3O2. The molecule has 1 aromatic carbocycles. The second-order valence-electron chi connectivity index (χ2n) is 8.02. The van der Waals surface area contributed by atoms with E-state index in [-0.39, 0.29) is 23.9 Å². The van der Waals surface area contributed by atoms with Gasteiger partial charge in [-0.15, -0.1) is 0 Å². The monoisotopic (exact) mass is 355 g/mol. The molecule has 1 saturated carbocycles. The van der Waals surface area contributed by atoms with E-state index in [2.05, 4.69) is 22.8 Å². The van der Waals surface area contributed by atoms with Gasteiger partial charge in [0.15, 0.2) is 0 Å². The number of piperidine rings is 1. The van der Waals surface area contributed by atoms with Crippen molar-refractivity contribution in [1.82, 2.24) is 15.5 Å². The number of urea groups is 1. The summed E-state index contributed by atoms with van der Waals surface area (Å²) in [6.45, 7) is 1.84. The average molecular weight is 355 g/mol. The van der Waals surface area contributed by atoms with Crippen LogP contribution in [-0.2, 0) is 11.2 Å². The highest BCUT2D eigenvalue weighted by Gasteiger charge is 2.56. The smallest absolute Gasteiger partial charge is 0.323 e. The summed E-state index contributed by atoms with van der Waals surface area (Å²) in [5.74, 6) is 0.257. The number of hydrogen-bond donors (Lipinski definition) is 2. The van der Waals surface area contributed by atoms with E-state index in [1.54, 1.807) is 4.90 Å². The second kappa shape index (κ2) is 7.39. The lowest BCUT2D eigenvalue weighted by Gasteiger charge is -2.38. The summed E-state index contributed by atoms with van der Waals surface area (Å²) in [6, 6.07) is 10.2. The molecule has 140 valence electrons. The van der Waals surface area contributed by atoms with Crippen LogP contribution in [0.1, 0.15) is 50.5 Å². The summed E-state index contributed by atoms with van der Waals surface area (Å²) < 4.78 is 0. The minimum Gasteiger partial charge on any atom is -0.323 e. The van der Waals surface area contributed by atoms with Crippen LogP contribution in [0.15, 0.2) is 30.3 Å². The molecule has 1 aliphatic carbocycles. The van der Waals surface area contributed by atoms with Crippen LogP contribution in [0, 0.1) is 5.92 Å². The standard InChI is InChI=1S/C21H29N3O2/c25-19-21(17-11-14-22-15-12-17,13-10-16-6-2-1-3-7-16)23-20(26)24(19)18-8-4-5-9-18/h1-3,6-7,17-18,22H,4-5,8-15H2,(H,23,26). The van der Waals surface area contributed by atoms with E-state index in [1.165, 1.54) is 5.56 Å². The van der Waals surface area contributed by atoms with Gasteiger partial charge in [-0.2, -0.15) is 0 Å². The fraction of sp³-hybridized carbons (Fsp3) is 0.619. The van der Waals surface area contributed by atoms with Crippen molar-refractivity contribution in [3.8, 4) is 0 Å². The minimum absolute atomic E-state index is 0.0391. The molecule has 1 atom stereocenters. The molecule has 2 heterocycles. The van der Waals surface area contributed by atoms with E-state index < -0.39 is 5.54 Å². The molecule has 2 aliphatic heterocycles. The van der Waals surface area contributed by atoms with Gasteiger partial charge >= 0.3 is 6.03 Å². The Labute approximate surface area is 155 Å². The third kappa shape index (κ3) is 3.13. The highest BCUT2D eigenvalue weighted by Crippen LogP contribution is 2.38. The molecule has 3 aliphatic rings. The van der Waals surface area contributed by atoms with Gasteiger partial charge < -0.3 is 10.6 Å². The first kappa shape index (κ1) is 17.5. The van der Waals surface area contributed by atoms with Gasteiger partial charge in [0.05, 0.1) is 0 Å². The van der Waals surface area contributed by atoms with Crippen LogP contribution in [-0.4, -0.2) is 41.5 Å². The molecule has 0 aromatic heterocycles. The van der Waals surface area contributed by atoms with E-state index in [1.807, 2.05) is 18.2 Å². The van der Waals surface area contributed by atoms with Gasteiger partial charge in [-0.25, -0.2) is 4.79 Å². The number of aryl methyl sites for hydroxylation is 1. The Kier molecular flexibility index (Phi) is 4.98. The van der Waals surface area contributed by atoms with E-state index >= 15 is 0 Å². The number of nitrogens with one attached hydrogen (secondary N) is 2. The zero-order chi connectivity index (χ0) is 18.0. The molecule has 5 heteroatoms. The maximum absolute atomic E-state index is 13.6. The van der Waals surface area contributed by atoms with Crippen molar-refractivity contribution in [3.05, 3.63) is 35.9 Å². The van der Waals surface area contributed by atoms with Crippen molar-refractivity contribution >= 4 is 11.9 Å². The summed E-state index contributed by atoms with van der Waals surface area (Å²) in [6.07, 6.45) is 7.54. The number of carbonyl (C=O) groups excluding carboxylic acids is 2. The molecule has 1 unspecified atom stereocenters. The first-order valence-electron chi connectivity index (χ1n) is 10.1. The van der Waals surface area contributed by atoms with Gasteiger partial charge in [0, 0.05) is 6.04 Å². The van der Waals surface area contributed by atoms with Crippen LogP contribution in [0.5, 0.6) is 0 Å². The van der Waals surface area contributed by atoms with Crippen LogP contribution >= 0.6 is 0 Å². The largest absolute Gasteiger partial charge is 0.325 e. The predicted molar refractivity (Wildman–Crippen MR) is 101 cm³/mol. The van der Waals surface area contributed by atoms with Gasteiger partial charge in [0.1, 0.15) is 5.54 Å². The minimum atomic E-state index is -0.725. The molecule has 26 heavy (non-hydrogen) atoms. The zero-order valence-electron chi connectivity index (χ0n) is 15.4. The molecule has 1 aromatic rings. The molecular weight excluding hydrogens is 326 g/mol. The number of rotatable bonds is 5.